The number of ether oxygens (including phenoxy) is 1. The van der Waals surface area contributed by atoms with Gasteiger partial charge in [-0.25, -0.2) is 0 Å². The highest BCUT2D eigenvalue weighted by atomic mass is 16.6. The second-order valence-electron chi connectivity index (χ2n) is 6.59. The number of esters is 1. The van der Waals surface area contributed by atoms with Crippen LogP contribution in [0.2, 0.25) is 0 Å². The van der Waals surface area contributed by atoms with E-state index in [1.807, 2.05) is 13.0 Å². The minimum absolute atomic E-state index is 0.0729. The third kappa shape index (κ3) is 2.91. The summed E-state index contributed by atoms with van der Waals surface area (Å²) >= 11 is 0. The van der Waals surface area contributed by atoms with E-state index >= 15 is 0 Å². The fraction of sp³-hybridized carbons (Fsp3) is 0.632. The van der Waals surface area contributed by atoms with Crippen LogP contribution in [0.15, 0.2) is 30.3 Å². The normalized spacial score (nSPS) is 29.4. The summed E-state index contributed by atoms with van der Waals surface area (Å²) in [5.41, 5.74) is 0.723. The summed E-state index contributed by atoms with van der Waals surface area (Å²) in [7, 11) is 0. The van der Waals surface area contributed by atoms with E-state index in [1.165, 1.54) is 24.8 Å². The summed E-state index contributed by atoms with van der Waals surface area (Å²) in [5.74, 6) is -0.0729. The summed E-state index contributed by atoms with van der Waals surface area (Å²) in [5, 5.41) is 0. The molecule has 3 rings (SSSR count). The Kier molecular flexibility index (Phi) is 4.82. The van der Waals surface area contributed by atoms with Crippen LogP contribution >= 0.6 is 0 Å². The summed E-state index contributed by atoms with van der Waals surface area (Å²) in [6.07, 6.45) is 7.35. The highest BCUT2D eigenvalue weighted by Gasteiger charge is 2.48. The van der Waals surface area contributed by atoms with Gasteiger partial charge in [0.1, 0.15) is 0 Å². The van der Waals surface area contributed by atoms with Gasteiger partial charge in [0.05, 0.1) is 6.04 Å². The van der Waals surface area contributed by atoms with Gasteiger partial charge in [-0.3, -0.25) is 9.69 Å². The van der Waals surface area contributed by atoms with E-state index in [0.717, 1.165) is 32.4 Å². The molecule has 2 aliphatic heterocycles. The maximum absolute atomic E-state index is 12.2. The Bertz CT molecular complexity index is 501. The molecule has 0 bridgehead atoms. The molecule has 120 valence electrons. The molecule has 2 atom stereocenters. The Morgan fingerprint density at radius 2 is 1.91 bits per heavy atom. The number of benzene rings is 1. The molecule has 0 aromatic heterocycles. The molecule has 0 saturated carbocycles. The van der Waals surface area contributed by atoms with Crippen LogP contribution in [0.4, 0.5) is 0 Å². The largest absolute Gasteiger partial charge is 0.452 e. The molecule has 1 aromatic rings. The van der Waals surface area contributed by atoms with Gasteiger partial charge in [-0.1, -0.05) is 43.7 Å². The first-order chi connectivity index (χ1) is 10.8. The minimum atomic E-state index is -0.453. The number of carbonyl (C=O) groups excluding carboxylic acids is 1. The molecule has 0 radical (unpaired) electrons. The molecule has 2 unspecified atom stereocenters. The molecule has 3 heteroatoms. The Hall–Kier alpha value is -1.35. The van der Waals surface area contributed by atoms with Crippen LogP contribution in [0.5, 0.6) is 0 Å². The molecule has 2 fully saturated rings. The molecule has 3 nitrogen and oxygen atoms in total. The van der Waals surface area contributed by atoms with Crippen LogP contribution < -0.4 is 0 Å². The van der Waals surface area contributed by atoms with E-state index in [0.29, 0.717) is 12.5 Å². The molecule has 2 heterocycles. The predicted molar refractivity (Wildman–Crippen MR) is 87.6 cm³/mol. The lowest BCUT2D eigenvalue weighted by Gasteiger charge is -2.46. The molecule has 0 aliphatic carbocycles. The van der Waals surface area contributed by atoms with Crippen molar-refractivity contribution in [1.82, 2.24) is 4.90 Å². The number of rotatable bonds is 3. The van der Waals surface area contributed by atoms with Gasteiger partial charge < -0.3 is 4.74 Å². The van der Waals surface area contributed by atoms with E-state index in [-0.39, 0.29) is 5.97 Å². The zero-order chi connectivity index (χ0) is 15.4. The monoisotopic (exact) mass is 301 g/mol. The number of piperidine rings is 1. The van der Waals surface area contributed by atoms with Crippen molar-refractivity contribution in [3.05, 3.63) is 35.9 Å². The van der Waals surface area contributed by atoms with E-state index in [1.54, 1.807) is 0 Å². The molecular weight excluding hydrogens is 274 g/mol. The maximum Gasteiger partial charge on any atom is 0.306 e. The van der Waals surface area contributed by atoms with E-state index < -0.39 is 5.60 Å². The van der Waals surface area contributed by atoms with Crippen LogP contribution in [-0.4, -0.2) is 30.0 Å². The van der Waals surface area contributed by atoms with Crippen LogP contribution in [0.25, 0.3) is 0 Å². The standard InChI is InChI=1S/C19H27NO2/c1-2-18(21)22-19(16-10-4-3-5-11-16)13-7-9-15-20-14-8-6-12-17(19)20/h3-5,10-11,17H,2,6-9,12-15H2,1H3. The van der Waals surface area contributed by atoms with Crippen LogP contribution in [-0.2, 0) is 15.1 Å². The lowest BCUT2D eigenvalue weighted by atomic mass is 9.78. The zero-order valence-electron chi connectivity index (χ0n) is 13.6. The number of carbonyl (C=O) groups is 1. The summed E-state index contributed by atoms with van der Waals surface area (Å²) in [6.45, 7) is 4.17. The predicted octanol–water partition coefficient (Wildman–Crippen LogP) is 3.87. The number of hydrogen-bond acceptors (Lipinski definition) is 3. The Labute approximate surface area is 133 Å². The number of fused-ring (bicyclic) bond motifs is 1. The van der Waals surface area contributed by atoms with Crippen molar-refractivity contribution in [3.63, 3.8) is 0 Å². The van der Waals surface area contributed by atoms with E-state index in [9.17, 15) is 4.79 Å². The second kappa shape index (κ2) is 6.82. The molecule has 22 heavy (non-hydrogen) atoms. The maximum atomic E-state index is 12.2. The second-order valence-corrected chi connectivity index (χ2v) is 6.59. The molecule has 2 saturated heterocycles. The topological polar surface area (TPSA) is 29.5 Å². The quantitative estimate of drug-likeness (QED) is 0.794. The minimum Gasteiger partial charge on any atom is -0.452 e. The van der Waals surface area contributed by atoms with Crippen molar-refractivity contribution in [2.45, 2.75) is 63.5 Å². The van der Waals surface area contributed by atoms with Gasteiger partial charge in [0.15, 0.2) is 5.60 Å². The average Bonchev–Trinajstić information content (AvgIpc) is 2.76. The Balaban J connectivity index is 2.03. The SMILES string of the molecule is CCC(=O)OC1(c2ccccc2)CCCCN2CCCCC21. The van der Waals surface area contributed by atoms with Gasteiger partial charge >= 0.3 is 5.97 Å². The number of nitrogens with zero attached hydrogens (tertiary/aromatic N) is 1. The summed E-state index contributed by atoms with van der Waals surface area (Å²) in [6, 6.07) is 10.8. The third-order valence-electron chi connectivity index (χ3n) is 5.24. The van der Waals surface area contributed by atoms with Gasteiger partial charge in [-0.15, -0.1) is 0 Å². The van der Waals surface area contributed by atoms with Gasteiger partial charge in [0.2, 0.25) is 0 Å². The van der Waals surface area contributed by atoms with Crippen LogP contribution in [0.1, 0.15) is 57.4 Å². The van der Waals surface area contributed by atoms with Crippen molar-refractivity contribution in [2.24, 2.45) is 0 Å². The molecule has 0 spiro atoms. The summed E-state index contributed by atoms with van der Waals surface area (Å²) < 4.78 is 6.18. The van der Waals surface area contributed by atoms with Crippen molar-refractivity contribution >= 4 is 5.97 Å². The van der Waals surface area contributed by atoms with Gasteiger partial charge in [-0.05, 0) is 50.8 Å². The Morgan fingerprint density at radius 1 is 1.18 bits per heavy atom. The highest BCUT2D eigenvalue weighted by molar-refractivity contribution is 5.69. The first-order valence-electron chi connectivity index (χ1n) is 8.77. The molecule has 2 aliphatic rings. The lowest BCUT2D eigenvalue weighted by Crippen LogP contribution is -2.54. The third-order valence-corrected chi connectivity index (χ3v) is 5.24. The first kappa shape index (κ1) is 15.5. The lowest BCUT2D eigenvalue weighted by molar-refractivity contribution is -0.172. The van der Waals surface area contributed by atoms with Crippen molar-refractivity contribution < 1.29 is 9.53 Å². The highest BCUT2D eigenvalue weighted by Crippen LogP contribution is 2.43. The van der Waals surface area contributed by atoms with Crippen LogP contribution in [0, 0.1) is 0 Å². The average molecular weight is 301 g/mol. The van der Waals surface area contributed by atoms with E-state index in [4.69, 9.17) is 4.74 Å². The van der Waals surface area contributed by atoms with E-state index in [2.05, 4.69) is 29.2 Å². The fourth-order valence-corrected chi connectivity index (χ4v) is 4.17. The first-order valence-corrected chi connectivity index (χ1v) is 8.77. The number of hydrogen-bond donors (Lipinski definition) is 0. The molecule has 0 N–H and O–H groups in total. The zero-order valence-corrected chi connectivity index (χ0v) is 13.6. The van der Waals surface area contributed by atoms with Crippen molar-refractivity contribution in [1.29, 1.82) is 0 Å². The molecular formula is C19H27NO2. The summed E-state index contributed by atoms with van der Waals surface area (Å²) in [4.78, 5) is 14.8. The van der Waals surface area contributed by atoms with Gasteiger partial charge in [0, 0.05) is 6.42 Å². The van der Waals surface area contributed by atoms with Crippen LogP contribution in [0.3, 0.4) is 0 Å². The van der Waals surface area contributed by atoms with Gasteiger partial charge in [-0.2, -0.15) is 0 Å². The smallest absolute Gasteiger partial charge is 0.306 e. The van der Waals surface area contributed by atoms with Crippen molar-refractivity contribution in [2.75, 3.05) is 13.1 Å². The molecule has 1 aromatic carbocycles. The van der Waals surface area contributed by atoms with Crippen molar-refractivity contribution in [3.8, 4) is 0 Å². The molecule has 0 amide bonds. The Morgan fingerprint density at radius 3 is 2.64 bits per heavy atom. The van der Waals surface area contributed by atoms with Gasteiger partial charge in [0.25, 0.3) is 0 Å². The fourth-order valence-electron chi connectivity index (χ4n) is 4.17.